The Morgan fingerprint density at radius 2 is 1.75 bits per heavy atom. The lowest BCUT2D eigenvalue weighted by atomic mass is 9.91. The lowest BCUT2D eigenvalue weighted by Crippen LogP contribution is -2.53. The maximum absolute atomic E-state index is 13.5. The number of sulfonamides is 1. The van der Waals surface area contributed by atoms with Gasteiger partial charge in [0.05, 0.1) is 11.2 Å². The summed E-state index contributed by atoms with van der Waals surface area (Å²) in [4.78, 5) is 0. The molecular formula is C21H28F3NO2S. The van der Waals surface area contributed by atoms with Crippen molar-refractivity contribution in [3.05, 3.63) is 47.6 Å². The summed E-state index contributed by atoms with van der Waals surface area (Å²) in [6.45, 7) is 6.96. The average molecular weight is 416 g/mol. The van der Waals surface area contributed by atoms with Crippen LogP contribution in [0.3, 0.4) is 0 Å². The van der Waals surface area contributed by atoms with Crippen LogP contribution in [0.1, 0.15) is 65.4 Å². The van der Waals surface area contributed by atoms with Crippen molar-refractivity contribution in [3.8, 4) is 0 Å². The lowest BCUT2D eigenvalue weighted by Gasteiger charge is -2.40. The van der Waals surface area contributed by atoms with Gasteiger partial charge in [0.25, 0.3) is 0 Å². The quantitative estimate of drug-likeness (QED) is 0.502. The molecule has 2 rings (SSSR count). The SMILES string of the molecule is CCCCCC/C=C1/C=C(C)c2ccccc2N(S(=O)(=O)C(F)(F)F)C1(C)C. The van der Waals surface area contributed by atoms with Crippen LogP contribution < -0.4 is 4.31 Å². The summed E-state index contributed by atoms with van der Waals surface area (Å²) in [6.07, 6.45) is 8.52. The molecule has 0 radical (unpaired) electrons. The number of alkyl halides is 3. The molecule has 0 unspecified atom stereocenters. The smallest absolute Gasteiger partial charge is 0.252 e. The average Bonchev–Trinajstić information content (AvgIpc) is 2.67. The van der Waals surface area contributed by atoms with E-state index in [4.69, 9.17) is 0 Å². The summed E-state index contributed by atoms with van der Waals surface area (Å²) >= 11 is 0. The van der Waals surface area contributed by atoms with E-state index in [9.17, 15) is 21.6 Å². The topological polar surface area (TPSA) is 37.4 Å². The number of hydrogen-bond acceptors (Lipinski definition) is 2. The van der Waals surface area contributed by atoms with E-state index in [1.54, 1.807) is 25.1 Å². The number of fused-ring (bicyclic) bond motifs is 1. The normalized spacial score (nSPS) is 18.6. The molecule has 0 bridgehead atoms. The van der Waals surface area contributed by atoms with E-state index in [-0.39, 0.29) is 5.69 Å². The van der Waals surface area contributed by atoms with Gasteiger partial charge in [-0.25, -0.2) is 0 Å². The summed E-state index contributed by atoms with van der Waals surface area (Å²) in [5.41, 5.74) is -4.92. The van der Waals surface area contributed by atoms with Gasteiger partial charge in [-0.2, -0.15) is 21.6 Å². The van der Waals surface area contributed by atoms with Gasteiger partial charge in [-0.3, -0.25) is 4.31 Å². The van der Waals surface area contributed by atoms with Crippen LogP contribution in [0.15, 0.2) is 42.0 Å². The zero-order chi connectivity index (χ0) is 21.2. The van der Waals surface area contributed by atoms with Gasteiger partial charge in [0.2, 0.25) is 0 Å². The van der Waals surface area contributed by atoms with Crippen molar-refractivity contribution in [2.75, 3.05) is 4.31 Å². The molecule has 0 N–H and O–H groups in total. The summed E-state index contributed by atoms with van der Waals surface area (Å²) in [5, 5.41) is 0. The minimum atomic E-state index is -5.58. The summed E-state index contributed by atoms with van der Waals surface area (Å²) in [6, 6.07) is 6.34. The third kappa shape index (κ3) is 4.29. The molecule has 7 heteroatoms. The first-order valence-electron chi connectivity index (χ1n) is 9.54. The van der Waals surface area contributed by atoms with Crippen molar-refractivity contribution in [2.45, 2.75) is 70.8 Å². The Morgan fingerprint density at radius 1 is 1.11 bits per heavy atom. The van der Waals surface area contributed by atoms with Gasteiger partial charge in [0, 0.05) is 5.56 Å². The summed E-state index contributed by atoms with van der Waals surface area (Å²) in [5.74, 6) is 0. The first-order valence-corrected chi connectivity index (χ1v) is 11.0. The molecule has 0 saturated carbocycles. The van der Waals surface area contributed by atoms with Gasteiger partial charge < -0.3 is 0 Å². The van der Waals surface area contributed by atoms with Crippen LogP contribution in [0.25, 0.3) is 5.57 Å². The standard InChI is InChI=1S/C21H28F3NO2S/c1-5-6-7-8-9-12-17-15-16(2)18-13-10-11-14-19(18)25(20(17,3)4)28(26,27)21(22,23)24/h10-15H,5-9H2,1-4H3/b17-12-. The molecule has 28 heavy (non-hydrogen) atoms. The van der Waals surface area contributed by atoms with E-state index in [1.165, 1.54) is 19.9 Å². The molecule has 0 spiro atoms. The highest BCUT2D eigenvalue weighted by molar-refractivity contribution is 7.93. The number of allylic oxidation sites excluding steroid dienone is 2. The van der Waals surface area contributed by atoms with Crippen molar-refractivity contribution >= 4 is 21.3 Å². The number of anilines is 1. The molecule has 156 valence electrons. The summed E-state index contributed by atoms with van der Waals surface area (Å²) < 4.78 is 66.3. The zero-order valence-electron chi connectivity index (χ0n) is 16.8. The summed E-state index contributed by atoms with van der Waals surface area (Å²) in [7, 11) is -5.58. The predicted molar refractivity (Wildman–Crippen MR) is 108 cm³/mol. The van der Waals surface area contributed by atoms with Crippen LogP contribution in [0.5, 0.6) is 0 Å². The second kappa shape index (κ2) is 8.31. The zero-order valence-corrected chi connectivity index (χ0v) is 17.6. The first-order chi connectivity index (χ1) is 12.9. The molecule has 0 aromatic heterocycles. The van der Waals surface area contributed by atoms with Crippen molar-refractivity contribution in [1.82, 2.24) is 0 Å². The molecular weight excluding hydrogens is 387 g/mol. The van der Waals surface area contributed by atoms with Crippen molar-refractivity contribution in [3.63, 3.8) is 0 Å². The van der Waals surface area contributed by atoms with E-state index in [0.717, 1.165) is 31.3 Å². The molecule has 1 aliphatic rings. The van der Waals surface area contributed by atoms with Gasteiger partial charge in [-0.1, -0.05) is 56.5 Å². The Labute approximate surface area is 166 Å². The molecule has 3 nitrogen and oxygen atoms in total. The van der Waals surface area contributed by atoms with Gasteiger partial charge in [0.1, 0.15) is 0 Å². The van der Waals surface area contributed by atoms with Crippen molar-refractivity contribution < 1.29 is 21.6 Å². The van der Waals surface area contributed by atoms with Crippen LogP contribution >= 0.6 is 0 Å². The molecule has 1 aromatic rings. The van der Waals surface area contributed by atoms with Gasteiger partial charge in [0.15, 0.2) is 0 Å². The number of nitrogens with zero attached hydrogens (tertiary/aromatic N) is 1. The lowest BCUT2D eigenvalue weighted by molar-refractivity contribution is -0.0442. The van der Waals surface area contributed by atoms with Crippen molar-refractivity contribution in [1.29, 1.82) is 0 Å². The van der Waals surface area contributed by atoms with Gasteiger partial charge >= 0.3 is 15.5 Å². The Hall–Kier alpha value is -1.76. The van der Waals surface area contributed by atoms with E-state index >= 15 is 0 Å². The number of hydrogen-bond donors (Lipinski definition) is 0. The minimum Gasteiger partial charge on any atom is -0.252 e. The second-order valence-corrected chi connectivity index (χ2v) is 9.41. The molecule has 1 aromatic carbocycles. The van der Waals surface area contributed by atoms with Crippen LogP contribution in [-0.2, 0) is 10.0 Å². The molecule has 0 amide bonds. The molecule has 0 fully saturated rings. The fourth-order valence-electron chi connectivity index (χ4n) is 3.56. The van der Waals surface area contributed by atoms with E-state index < -0.39 is 21.1 Å². The Morgan fingerprint density at radius 3 is 2.36 bits per heavy atom. The highest BCUT2D eigenvalue weighted by atomic mass is 32.2. The van der Waals surface area contributed by atoms with Gasteiger partial charge in [-0.15, -0.1) is 0 Å². The number of rotatable bonds is 6. The minimum absolute atomic E-state index is 0.0490. The highest BCUT2D eigenvalue weighted by Crippen LogP contribution is 2.45. The maximum Gasteiger partial charge on any atom is 0.516 e. The molecule has 0 saturated heterocycles. The van der Waals surface area contributed by atoms with Crippen LogP contribution in [0.4, 0.5) is 18.9 Å². The Kier molecular flexibility index (Phi) is 6.69. The van der Waals surface area contributed by atoms with Crippen LogP contribution in [-0.4, -0.2) is 19.5 Å². The number of para-hydroxylation sites is 1. The number of benzene rings is 1. The van der Waals surface area contributed by atoms with E-state index in [2.05, 4.69) is 6.92 Å². The monoisotopic (exact) mass is 415 g/mol. The van der Waals surface area contributed by atoms with E-state index in [1.807, 2.05) is 12.2 Å². The first kappa shape index (κ1) is 22.5. The third-order valence-electron chi connectivity index (χ3n) is 5.09. The Balaban J connectivity index is 2.62. The van der Waals surface area contributed by atoms with Crippen LogP contribution in [0, 0.1) is 0 Å². The largest absolute Gasteiger partial charge is 0.516 e. The molecule has 1 heterocycles. The van der Waals surface area contributed by atoms with Crippen LogP contribution in [0.2, 0.25) is 0 Å². The molecule has 0 aliphatic carbocycles. The predicted octanol–water partition coefficient (Wildman–Crippen LogP) is 6.43. The van der Waals surface area contributed by atoms with Gasteiger partial charge in [-0.05, 0) is 50.8 Å². The number of halogens is 3. The highest BCUT2D eigenvalue weighted by Gasteiger charge is 2.55. The van der Waals surface area contributed by atoms with Crippen molar-refractivity contribution in [2.24, 2.45) is 0 Å². The Bertz CT molecular complexity index is 868. The second-order valence-electron chi connectivity index (χ2n) is 7.63. The molecule has 0 atom stereocenters. The maximum atomic E-state index is 13.5. The third-order valence-corrected chi connectivity index (χ3v) is 6.81. The number of unbranched alkanes of at least 4 members (excludes halogenated alkanes) is 4. The fraction of sp³-hybridized carbons (Fsp3) is 0.524. The fourth-order valence-corrected chi connectivity index (χ4v) is 4.89. The van der Waals surface area contributed by atoms with E-state index in [0.29, 0.717) is 21.9 Å². The molecule has 1 aliphatic heterocycles.